The van der Waals surface area contributed by atoms with Crippen LogP contribution in [0.3, 0.4) is 0 Å². The minimum atomic E-state index is -1.13. The van der Waals surface area contributed by atoms with Gasteiger partial charge in [-0.15, -0.1) is 0 Å². The fraction of sp³-hybridized carbons (Fsp3) is 0.474. The number of amides is 1. The van der Waals surface area contributed by atoms with E-state index in [0.29, 0.717) is 18.7 Å². The number of aryl methyl sites for hydroxylation is 1. The van der Waals surface area contributed by atoms with Crippen molar-refractivity contribution in [3.63, 3.8) is 0 Å². The van der Waals surface area contributed by atoms with Crippen LogP contribution in [0.4, 0.5) is 0 Å². The van der Waals surface area contributed by atoms with Crippen LogP contribution in [0.15, 0.2) is 22.6 Å². The average molecular weight is 357 g/mol. The van der Waals surface area contributed by atoms with E-state index in [4.69, 9.17) is 4.42 Å². The van der Waals surface area contributed by atoms with Gasteiger partial charge >= 0.3 is 0 Å². The number of hydrogen-bond donors (Lipinski definition) is 3. The number of aromatic amines is 1. The Morgan fingerprint density at radius 3 is 2.88 bits per heavy atom. The number of aliphatic hydroxyl groups is 2. The molecule has 0 radical (unpaired) electrons. The molecular weight excluding hydrogens is 334 g/mol. The lowest BCUT2D eigenvalue weighted by Gasteiger charge is -2.14. The summed E-state index contributed by atoms with van der Waals surface area (Å²) < 4.78 is 5.47. The van der Waals surface area contributed by atoms with Gasteiger partial charge in [0.2, 0.25) is 0 Å². The number of aromatic nitrogens is 2. The van der Waals surface area contributed by atoms with Crippen LogP contribution in [-0.2, 0) is 6.42 Å². The first-order valence-electron chi connectivity index (χ1n) is 8.55. The molecule has 0 saturated carbocycles. The van der Waals surface area contributed by atoms with Gasteiger partial charge in [-0.2, -0.15) is 5.10 Å². The Bertz CT molecular complexity index is 850. The smallest absolute Gasteiger partial charge is 0.289 e. The predicted octanol–water partition coefficient (Wildman–Crippen LogP) is 1.11. The van der Waals surface area contributed by atoms with E-state index in [1.807, 2.05) is 13.0 Å². The molecule has 3 N–H and O–H groups in total. The third kappa shape index (κ3) is 4.34. The van der Waals surface area contributed by atoms with Gasteiger partial charge in [-0.05, 0) is 51.3 Å². The molecule has 2 atom stereocenters. The number of β-amino-alcohol motifs (C(OH)–C–C–N with tert-alkyl or cyclic N) is 1. The molecule has 1 amide bonds. The number of nitrogens with one attached hydrogen (secondary N) is 1. The molecular formula is C19H23N3O4. The van der Waals surface area contributed by atoms with Gasteiger partial charge in [-0.1, -0.05) is 5.92 Å². The lowest BCUT2D eigenvalue weighted by Crippen LogP contribution is -2.29. The number of H-pyrrole nitrogens is 1. The van der Waals surface area contributed by atoms with Gasteiger partial charge in [0.1, 0.15) is 5.60 Å². The maximum atomic E-state index is 12.6. The number of aliphatic hydroxyl groups excluding tert-OH is 1. The maximum absolute atomic E-state index is 12.6. The number of carbonyl (C=O) groups is 1. The third-order valence-corrected chi connectivity index (χ3v) is 4.23. The van der Waals surface area contributed by atoms with Gasteiger partial charge < -0.3 is 19.5 Å². The highest BCUT2D eigenvalue weighted by molar-refractivity contribution is 5.91. The standard InChI is InChI=1S/C19H23N3O4/c1-12-8-14(21-20-12)9-13-10-22(11-16(13)23)18(24)17-5-4-15(26-17)6-7-19(2,3)25/h4-5,8,13,16,23,25H,9-11H2,1-3H3,(H,20,21)/t13-,16+/m1/s1. The molecule has 0 bridgehead atoms. The second-order valence-corrected chi connectivity index (χ2v) is 7.26. The molecule has 0 unspecified atom stereocenters. The van der Waals surface area contributed by atoms with Crippen LogP contribution < -0.4 is 0 Å². The summed E-state index contributed by atoms with van der Waals surface area (Å²) in [6.45, 7) is 5.77. The van der Waals surface area contributed by atoms with E-state index in [1.54, 1.807) is 30.9 Å². The highest BCUT2D eigenvalue weighted by atomic mass is 16.4. The number of rotatable bonds is 3. The topological polar surface area (TPSA) is 103 Å². The Hall–Kier alpha value is -2.56. The summed E-state index contributed by atoms with van der Waals surface area (Å²) in [6.07, 6.45) is 0.0100. The van der Waals surface area contributed by atoms with Crippen molar-refractivity contribution in [3.05, 3.63) is 41.1 Å². The minimum absolute atomic E-state index is 0.0638. The summed E-state index contributed by atoms with van der Waals surface area (Å²) in [5, 5.41) is 27.0. The van der Waals surface area contributed by atoms with Crippen molar-refractivity contribution < 1.29 is 19.4 Å². The van der Waals surface area contributed by atoms with Crippen molar-refractivity contribution in [3.8, 4) is 11.8 Å². The second kappa shape index (κ2) is 6.98. The summed E-state index contributed by atoms with van der Waals surface area (Å²) in [5.41, 5.74) is 0.715. The van der Waals surface area contributed by atoms with Gasteiger partial charge in [0.25, 0.3) is 5.91 Å². The zero-order chi connectivity index (χ0) is 18.9. The van der Waals surface area contributed by atoms with Crippen LogP contribution in [-0.4, -0.2) is 56.0 Å². The van der Waals surface area contributed by atoms with Crippen LogP contribution in [0, 0.1) is 24.7 Å². The summed E-state index contributed by atoms with van der Waals surface area (Å²) in [6, 6.07) is 5.10. The Balaban J connectivity index is 1.65. The fourth-order valence-corrected chi connectivity index (χ4v) is 2.96. The van der Waals surface area contributed by atoms with Crippen LogP contribution in [0.2, 0.25) is 0 Å². The number of hydrogen-bond acceptors (Lipinski definition) is 5. The maximum Gasteiger partial charge on any atom is 0.289 e. The second-order valence-electron chi connectivity index (χ2n) is 7.26. The van der Waals surface area contributed by atoms with E-state index in [-0.39, 0.29) is 24.1 Å². The summed E-state index contributed by atoms with van der Waals surface area (Å²) in [5.74, 6) is 5.50. The molecule has 1 saturated heterocycles. The predicted molar refractivity (Wildman–Crippen MR) is 94.3 cm³/mol. The third-order valence-electron chi connectivity index (χ3n) is 4.23. The molecule has 1 aliphatic rings. The Labute approximate surface area is 152 Å². The number of nitrogens with zero attached hydrogens (tertiary/aromatic N) is 2. The van der Waals surface area contributed by atoms with Crippen LogP contribution in [0.1, 0.15) is 41.6 Å². The van der Waals surface area contributed by atoms with Gasteiger partial charge in [0.15, 0.2) is 11.5 Å². The van der Waals surface area contributed by atoms with Crippen molar-refractivity contribution >= 4 is 5.91 Å². The minimum Gasteiger partial charge on any atom is -0.443 e. The van der Waals surface area contributed by atoms with E-state index in [9.17, 15) is 15.0 Å². The quantitative estimate of drug-likeness (QED) is 0.714. The lowest BCUT2D eigenvalue weighted by atomic mass is 10.0. The summed E-state index contributed by atoms with van der Waals surface area (Å²) in [7, 11) is 0. The molecule has 2 aromatic rings. The molecule has 1 aliphatic heterocycles. The van der Waals surface area contributed by atoms with Gasteiger partial charge in [-0.3, -0.25) is 9.89 Å². The van der Waals surface area contributed by atoms with Crippen molar-refractivity contribution in [2.24, 2.45) is 5.92 Å². The molecule has 1 fully saturated rings. The zero-order valence-corrected chi connectivity index (χ0v) is 15.1. The molecule has 3 heterocycles. The monoisotopic (exact) mass is 357 g/mol. The van der Waals surface area contributed by atoms with E-state index >= 15 is 0 Å². The average Bonchev–Trinajstić information content (AvgIpc) is 3.26. The molecule has 7 nitrogen and oxygen atoms in total. The fourth-order valence-electron chi connectivity index (χ4n) is 2.96. The highest BCUT2D eigenvalue weighted by Crippen LogP contribution is 2.23. The first-order chi connectivity index (χ1) is 12.2. The Morgan fingerprint density at radius 1 is 1.46 bits per heavy atom. The first-order valence-corrected chi connectivity index (χ1v) is 8.55. The largest absolute Gasteiger partial charge is 0.443 e. The Kier molecular flexibility index (Phi) is 4.90. The molecule has 3 rings (SSSR count). The molecule has 7 heteroatoms. The van der Waals surface area contributed by atoms with E-state index < -0.39 is 11.7 Å². The van der Waals surface area contributed by atoms with Gasteiger partial charge in [0.05, 0.1) is 11.8 Å². The molecule has 138 valence electrons. The summed E-state index contributed by atoms with van der Waals surface area (Å²) >= 11 is 0. The molecule has 0 aliphatic carbocycles. The SMILES string of the molecule is Cc1cc(C[C@@H]2CN(C(=O)c3ccc(C#CC(C)(C)O)o3)C[C@@H]2O)n[nH]1. The molecule has 26 heavy (non-hydrogen) atoms. The highest BCUT2D eigenvalue weighted by Gasteiger charge is 2.35. The van der Waals surface area contributed by atoms with Crippen molar-refractivity contribution in [2.45, 2.75) is 38.9 Å². The first kappa shape index (κ1) is 18.2. The number of carbonyl (C=O) groups excluding carboxylic acids is 1. The van der Waals surface area contributed by atoms with Crippen molar-refractivity contribution in [2.75, 3.05) is 13.1 Å². The molecule has 0 aromatic carbocycles. The molecule has 0 spiro atoms. The van der Waals surface area contributed by atoms with E-state index in [2.05, 4.69) is 22.0 Å². The van der Waals surface area contributed by atoms with E-state index in [1.165, 1.54) is 0 Å². The van der Waals surface area contributed by atoms with Crippen molar-refractivity contribution in [1.29, 1.82) is 0 Å². The normalized spacial score (nSPS) is 20.1. The van der Waals surface area contributed by atoms with Crippen LogP contribution in [0.25, 0.3) is 0 Å². The van der Waals surface area contributed by atoms with Crippen LogP contribution >= 0.6 is 0 Å². The lowest BCUT2D eigenvalue weighted by molar-refractivity contribution is 0.0733. The zero-order valence-electron chi connectivity index (χ0n) is 15.1. The molecule has 2 aromatic heterocycles. The van der Waals surface area contributed by atoms with Gasteiger partial charge in [0, 0.05) is 24.7 Å². The number of furan rings is 1. The Morgan fingerprint density at radius 2 is 2.23 bits per heavy atom. The summed E-state index contributed by atoms with van der Waals surface area (Å²) in [4.78, 5) is 14.2. The van der Waals surface area contributed by atoms with Gasteiger partial charge in [-0.25, -0.2) is 0 Å². The van der Waals surface area contributed by atoms with Crippen LogP contribution in [0.5, 0.6) is 0 Å². The van der Waals surface area contributed by atoms with Crippen molar-refractivity contribution in [1.82, 2.24) is 15.1 Å². The van der Waals surface area contributed by atoms with E-state index in [0.717, 1.165) is 11.4 Å². The number of likely N-dealkylation sites (tertiary alicyclic amines) is 1.